The van der Waals surface area contributed by atoms with Gasteiger partial charge in [-0.2, -0.15) is 0 Å². The highest BCUT2D eigenvalue weighted by atomic mass is 79.9. The monoisotopic (exact) mass is 344 g/mol. The zero-order chi connectivity index (χ0) is 15.5. The van der Waals surface area contributed by atoms with E-state index in [1.807, 2.05) is 0 Å². The van der Waals surface area contributed by atoms with Gasteiger partial charge >= 0.3 is 0 Å². The van der Waals surface area contributed by atoms with Crippen molar-refractivity contribution >= 4 is 15.9 Å². The van der Waals surface area contributed by atoms with Crippen molar-refractivity contribution in [2.75, 3.05) is 0 Å². The van der Waals surface area contributed by atoms with Crippen LogP contribution in [0.2, 0.25) is 0 Å². The van der Waals surface area contributed by atoms with Crippen molar-refractivity contribution in [3.8, 4) is 0 Å². The Morgan fingerprint density at radius 3 is 2.19 bits per heavy atom. The Morgan fingerprint density at radius 2 is 1.62 bits per heavy atom. The number of alkyl halides is 1. The third-order valence-corrected chi connectivity index (χ3v) is 5.45. The van der Waals surface area contributed by atoms with Crippen LogP contribution in [0, 0.1) is 6.92 Å². The molecule has 0 aliphatic heterocycles. The predicted octanol–water partition coefficient (Wildman–Crippen LogP) is 6.36. The molecule has 0 saturated carbocycles. The maximum atomic E-state index is 3.85. The minimum Gasteiger partial charge on any atom is -0.0835 e. The SMILES string of the molecule is CCC(C)(C)c1ccc(C(Br)Cc2ccccc2C)cc1. The molecular weight excluding hydrogens is 320 g/mol. The molecule has 0 spiro atoms. The molecule has 0 bridgehead atoms. The molecular formula is C20H25Br. The Morgan fingerprint density at radius 1 is 1.00 bits per heavy atom. The van der Waals surface area contributed by atoms with Crippen LogP contribution in [0.1, 0.15) is 54.3 Å². The van der Waals surface area contributed by atoms with Crippen molar-refractivity contribution in [3.05, 3.63) is 70.8 Å². The summed E-state index contributed by atoms with van der Waals surface area (Å²) in [7, 11) is 0. The highest BCUT2D eigenvalue weighted by Crippen LogP contribution is 2.31. The third-order valence-electron chi connectivity index (χ3n) is 4.60. The van der Waals surface area contributed by atoms with Crippen molar-refractivity contribution in [1.82, 2.24) is 0 Å². The molecule has 2 aromatic carbocycles. The fourth-order valence-corrected chi connectivity index (χ4v) is 3.15. The molecule has 1 unspecified atom stereocenters. The molecule has 1 atom stereocenters. The van der Waals surface area contributed by atoms with Crippen LogP contribution in [-0.2, 0) is 11.8 Å². The quantitative estimate of drug-likeness (QED) is 0.553. The van der Waals surface area contributed by atoms with Crippen LogP contribution in [-0.4, -0.2) is 0 Å². The fraction of sp³-hybridized carbons (Fsp3) is 0.400. The van der Waals surface area contributed by atoms with Crippen molar-refractivity contribution in [2.24, 2.45) is 0 Å². The minimum absolute atomic E-state index is 0.260. The van der Waals surface area contributed by atoms with E-state index in [1.54, 1.807) is 0 Å². The lowest BCUT2D eigenvalue weighted by molar-refractivity contribution is 0.506. The molecule has 2 aromatic rings. The number of benzene rings is 2. The molecule has 0 fully saturated rings. The molecule has 2 rings (SSSR count). The second-order valence-electron chi connectivity index (χ2n) is 6.46. The van der Waals surface area contributed by atoms with Crippen LogP contribution >= 0.6 is 15.9 Å². The summed E-state index contributed by atoms with van der Waals surface area (Å²) in [5, 5.41) is 0. The van der Waals surface area contributed by atoms with Crippen LogP contribution in [0.3, 0.4) is 0 Å². The maximum absolute atomic E-state index is 3.85. The Hall–Kier alpha value is -1.08. The van der Waals surface area contributed by atoms with Crippen molar-refractivity contribution in [1.29, 1.82) is 0 Å². The molecule has 0 aliphatic carbocycles. The number of halogens is 1. The van der Waals surface area contributed by atoms with Gasteiger partial charge in [-0.3, -0.25) is 0 Å². The smallest absolute Gasteiger partial charge is 0.0435 e. The summed E-state index contributed by atoms with van der Waals surface area (Å²) >= 11 is 3.85. The highest BCUT2D eigenvalue weighted by molar-refractivity contribution is 9.09. The van der Waals surface area contributed by atoms with Crippen LogP contribution < -0.4 is 0 Å². The average molecular weight is 345 g/mol. The summed E-state index contributed by atoms with van der Waals surface area (Å²) in [5.41, 5.74) is 5.82. The summed E-state index contributed by atoms with van der Waals surface area (Å²) in [6.07, 6.45) is 2.19. The van der Waals surface area contributed by atoms with Gasteiger partial charge in [-0.25, -0.2) is 0 Å². The lowest BCUT2D eigenvalue weighted by Gasteiger charge is -2.24. The molecule has 0 radical (unpaired) electrons. The lowest BCUT2D eigenvalue weighted by Crippen LogP contribution is -2.15. The number of rotatable bonds is 5. The van der Waals surface area contributed by atoms with Crippen molar-refractivity contribution < 1.29 is 0 Å². The summed E-state index contributed by atoms with van der Waals surface area (Å²) < 4.78 is 0. The first kappa shape index (κ1) is 16.3. The van der Waals surface area contributed by atoms with E-state index in [-0.39, 0.29) is 5.41 Å². The summed E-state index contributed by atoms with van der Waals surface area (Å²) in [4.78, 5) is 0.373. The van der Waals surface area contributed by atoms with Gasteiger partial charge in [0, 0.05) is 4.83 Å². The van der Waals surface area contributed by atoms with Crippen LogP contribution in [0.25, 0.3) is 0 Å². The van der Waals surface area contributed by atoms with E-state index in [4.69, 9.17) is 0 Å². The van der Waals surface area contributed by atoms with E-state index in [9.17, 15) is 0 Å². The first-order chi connectivity index (χ1) is 9.94. The van der Waals surface area contributed by atoms with Gasteiger partial charge in [0.15, 0.2) is 0 Å². The summed E-state index contributed by atoms with van der Waals surface area (Å²) in [6, 6.07) is 17.7. The van der Waals surface area contributed by atoms with Crippen LogP contribution in [0.5, 0.6) is 0 Å². The molecule has 0 saturated heterocycles. The molecule has 21 heavy (non-hydrogen) atoms. The van der Waals surface area contributed by atoms with Crippen LogP contribution in [0.15, 0.2) is 48.5 Å². The zero-order valence-corrected chi connectivity index (χ0v) is 15.1. The molecule has 0 heterocycles. The topological polar surface area (TPSA) is 0 Å². The number of hydrogen-bond donors (Lipinski definition) is 0. The van der Waals surface area contributed by atoms with E-state index in [1.165, 1.54) is 22.3 Å². The second kappa shape index (κ2) is 6.79. The normalized spacial score (nSPS) is 13.2. The van der Waals surface area contributed by atoms with E-state index >= 15 is 0 Å². The van der Waals surface area contributed by atoms with E-state index in [0.717, 1.165) is 12.8 Å². The van der Waals surface area contributed by atoms with Gasteiger partial charge in [0.1, 0.15) is 0 Å². The van der Waals surface area contributed by atoms with E-state index < -0.39 is 0 Å². The standard InChI is InChI=1S/C20H25Br/c1-5-20(3,4)18-12-10-16(11-13-18)19(21)14-17-9-7-6-8-15(17)2/h6-13,19H,5,14H2,1-4H3. The number of hydrogen-bond acceptors (Lipinski definition) is 0. The van der Waals surface area contributed by atoms with Crippen molar-refractivity contribution in [2.45, 2.75) is 50.8 Å². The summed E-state index contributed by atoms with van der Waals surface area (Å²) in [6.45, 7) is 9.04. The maximum Gasteiger partial charge on any atom is 0.0435 e. The number of aryl methyl sites for hydroxylation is 1. The molecule has 0 aromatic heterocycles. The first-order valence-electron chi connectivity index (χ1n) is 7.73. The van der Waals surface area contributed by atoms with E-state index in [0.29, 0.717) is 4.83 Å². The van der Waals surface area contributed by atoms with E-state index in [2.05, 4.69) is 92.2 Å². The molecule has 112 valence electrons. The Kier molecular flexibility index (Phi) is 5.27. The molecule has 0 N–H and O–H groups in total. The average Bonchev–Trinajstić information content (AvgIpc) is 2.49. The third kappa shape index (κ3) is 3.97. The first-order valence-corrected chi connectivity index (χ1v) is 8.64. The van der Waals surface area contributed by atoms with Gasteiger partial charge < -0.3 is 0 Å². The Balaban J connectivity index is 2.14. The fourth-order valence-electron chi connectivity index (χ4n) is 2.50. The van der Waals surface area contributed by atoms with Gasteiger partial charge in [-0.1, -0.05) is 85.2 Å². The van der Waals surface area contributed by atoms with Gasteiger partial charge in [-0.15, -0.1) is 0 Å². The molecule has 0 amide bonds. The Bertz CT molecular complexity index is 581. The Labute approximate surface area is 137 Å². The largest absolute Gasteiger partial charge is 0.0835 e. The summed E-state index contributed by atoms with van der Waals surface area (Å²) in [5.74, 6) is 0. The van der Waals surface area contributed by atoms with Gasteiger partial charge in [0.2, 0.25) is 0 Å². The van der Waals surface area contributed by atoms with Gasteiger partial charge in [-0.05, 0) is 47.4 Å². The van der Waals surface area contributed by atoms with Gasteiger partial charge in [0.25, 0.3) is 0 Å². The van der Waals surface area contributed by atoms with Gasteiger partial charge in [0.05, 0.1) is 0 Å². The van der Waals surface area contributed by atoms with Crippen LogP contribution in [0.4, 0.5) is 0 Å². The predicted molar refractivity (Wildman–Crippen MR) is 96.3 cm³/mol. The minimum atomic E-state index is 0.260. The molecule has 0 aliphatic rings. The zero-order valence-electron chi connectivity index (χ0n) is 13.5. The van der Waals surface area contributed by atoms with Crippen molar-refractivity contribution in [3.63, 3.8) is 0 Å². The molecule has 0 nitrogen and oxygen atoms in total. The lowest BCUT2D eigenvalue weighted by atomic mass is 9.82. The molecule has 1 heteroatoms. The second-order valence-corrected chi connectivity index (χ2v) is 7.56. The highest BCUT2D eigenvalue weighted by Gasteiger charge is 2.18.